The van der Waals surface area contributed by atoms with Gasteiger partial charge in [-0.05, 0) is 66.1 Å². The molecule has 0 aliphatic carbocycles. The predicted molar refractivity (Wildman–Crippen MR) is 134 cm³/mol. The summed E-state index contributed by atoms with van der Waals surface area (Å²) in [4.78, 5) is 12.6. The summed E-state index contributed by atoms with van der Waals surface area (Å²) < 4.78 is 13.2. The van der Waals surface area contributed by atoms with Crippen LogP contribution in [0.3, 0.4) is 0 Å². The average Bonchev–Trinajstić information content (AvgIpc) is 3.18. The Morgan fingerprint density at radius 3 is 2.35 bits per heavy atom. The highest BCUT2D eigenvalue weighted by Crippen LogP contribution is 2.39. The van der Waals surface area contributed by atoms with E-state index in [0.717, 1.165) is 40.1 Å². The minimum Gasteiger partial charge on any atom is -0.507 e. The lowest BCUT2D eigenvalue weighted by atomic mass is 10.0. The van der Waals surface area contributed by atoms with E-state index in [1.54, 1.807) is 12.1 Å². The van der Waals surface area contributed by atoms with Gasteiger partial charge in [0.05, 0.1) is 29.1 Å². The Balaban J connectivity index is 1.67. The number of hydrogen-bond donors (Lipinski definition) is 1. The molecule has 0 amide bonds. The SMILES string of the molecule is CCc1cc(O)c2c3c(C(=O)OC)cccc3n(Cc3cccc(Oc4ccccc4)c3)c2c1. The number of ether oxygens (including phenoxy) is 2. The maximum atomic E-state index is 12.6. The van der Waals surface area contributed by atoms with Crippen LogP contribution in [0.4, 0.5) is 0 Å². The molecule has 34 heavy (non-hydrogen) atoms. The molecular weight excluding hydrogens is 426 g/mol. The van der Waals surface area contributed by atoms with Crippen LogP contribution in [-0.4, -0.2) is 22.8 Å². The molecule has 5 rings (SSSR count). The molecule has 0 bridgehead atoms. The first-order valence-electron chi connectivity index (χ1n) is 11.3. The van der Waals surface area contributed by atoms with Crippen LogP contribution in [0.25, 0.3) is 21.8 Å². The molecule has 0 unspecified atom stereocenters. The second kappa shape index (κ2) is 8.94. The third-order valence-electron chi connectivity index (χ3n) is 6.06. The number of esters is 1. The first-order valence-corrected chi connectivity index (χ1v) is 11.3. The zero-order valence-electron chi connectivity index (χ0n) is 19.1. The van der Waals surface area contributed by atoms with Gasteiger partial charge in [0.2, 0.25) is 0 Å². The van der Waals surface area contributed by atoms with E-state index in [0.29, 0.717) is 22.9 Å². The molecule has 5 aromatic rings. The van der Waals surface area contributed by atoms with Gasteiger partial charge >= 0.3 is 5.97 Å². The summed E-state index contributed by atoms with van der Waals surface area (Å²) in [5.74, 6) is 1.26. The summed E-state index contributed by atoms with van der Waals surface area (Å²) in [5.41, 5.74) is 4.23. The van der Waals surface area contributed by atoms with Gasteiger partial charge < -0.3 is 19.1 Å². The lowest BCUT2D eigenvalue weighted by Crippen LogP contribution is -2.03. The number of nitrogens with zero attached hydrogens (tertiary/aromatic N) is 1. The van der Waals surface area contributed by atoms with Crippen molar-refractivity contribution in [1.29, 1.82) is 0 Å². The minimum absolute atomic E-state index is 0.163. The fourth-order valence-corrected chi connectivity index (χ4v) is 4.46. The Morgan fingerprint density at radius 2 is 1.59 bits per heavy atom. The van der Waals surface area contributed by atoms with E-state index in [1.165, 1.54) is 7.11 Å². The Bertz CT molecular complexity index is 1500. The molecular formula is C29H25NO4. The number of aromatic hydroxyl groups is 1. The summed E-state index contributed by atoms with van der Waals surface area (Å²) in [6.45, 7) is 2.60. The largest absolute Gasteiger partial charge is 0.507 e. The smallest absolute Gasteiger partial charge is 0.338 e. The normalized spacial score (nSPS) is 11.1. The highest BCUT2D eigenvalue weighted by Gasteiger charge is 2.21. The number of hydrogen-bond acceptors (Lipinski definition) is 4. The molecule has 5 nitrogen and oxygen atoms in total. The molecule has 1 heterocycles. The number of phenols is 1. The minimum atomic E-state index is -0.429. The van der Waals surface area contributed by atoms with Gasteiger partial charge in [-0.2, -0.15) is 0 Å². The number of aryl methyl sites for hydroxylation is 1. The fraction of sp³-hybridized carbons (Fsp3) is 0.138. The van der Waals surface area contributed by atoms with Crippen LogP contribution in [0.1, 0.15) is 28.4 Å². The van der Waals surface area contributed by atoms with Crippen molar-refractivity contribution >= 4 is 27.8 Å². The zero-order valence-corrected chi connectivity index (χ0v) is 19.1. The molecule has 0 radical (unpaired) electrons. The number of fused-ring (bicyclic) bond motifs is 3. The standard InChI is InChI=1S/C29H25NO4/c1-3-19-16-25-28(26(31)17-19)27-23(29(32)33-2)13-8-14-24(27)30(25)18-20-9-7-12-22(15-20)34-21-10-5-4-6-11-21/h4-17,31H,3,18H2,1-2H3. The Hall–Kier alpha value is -4.25. The lowest BCUT2D eigenvalue weighted by molar-refractivity contribution is 0.0603. The van der Waals surface area contributed by atoms with Crippen molar-refractivity contribution in [3.63, 3.8) is 0 Å². The van der Waals surface area contributed by atoms with Crippen LogP contribution in [0, 0.1) is 0 Å². The van der Waals surface area contributed by atoms with Gasteiger partial charge in [-0.3, -0.25) is 0 Å². The third-order valence-corrected chi connectivity index (χ3v) is 6.06. The van der Waals surface area contributed by atoms with Crippen LogP contribution in [0.5, 0.6) is 17.2 Å². The number of aromatic nitrogens is 1. The molecule has 1 N–H and O–H groups in total. The molecule has 0 atom stereocenters. The highest BCUT2D eigenvalue weighted by molar-refractivity contribution is 6.19. The second-order valence-electron chi connectivity index (χ2n) is 8.20. The van der Waals surface area contributed by atoms with Gasteiger partial charge in [-0.1, -0.05) is 43.3 Å². The number of carbonyl (C=O) groups excluding carboxylic acids is 1. The maximum absolute atomic E-state index is 12.6. The van der Waals surface area contributed by atoms with Gasteiger partial charge in [0.25, 0.3) is 0 Å². The highest BCUT2D eigenvalue weighted by atomic mass is 16.5. The molecule has 5 heteroatoms. The van der Waals surface area contributed by atoms with Crippen molar-refractivity contribution < 1.29 is 19.4 Å². The Kier molecular flexibility index (Phi) is 5.68. The van der Waals surface area contributed by atoms with E-state index >= 15 is 0 Å². The number of rotatable bonds is 6. The van der Waals surface area contributed by atoms with E-state index in [1.807, 2.05) is 66.7 Å². The maximum Gasteiger partial charge on any atom is 0.338 e. The van der Waals surface area contributed by atoms with Crippen LogP contribution in [0.2, 0.25) is 0 Å². The van der Waals surface area contributed by atoms with Crippen molar-refractivity contribution in [3.05, 3.63) is 102 Å². The number of carbonyl (C=O) groups is 1. The van der Waals surface area contributed by atoms with Crippen molar-refractivity contribution in [2.24, 2.45) is 0 Å². The van der Waals surface area contributed by atoms with E-state index in [2.05, 4.69) is 17.6 Å². The van der Waals surface area contributed by atoms with Crippen LogP contribution in [-0.2, 0) is 17.7 Å². The zero-order chi connectivity index (χ0) is 23.7. The number of benzene rings is 4. The molecule has 0 aliphatic rings. The molecule has 4 aromatic carbocycles. The summed E-state index contributed by atoms with van der Waals surface area (Å²) >= 11 is 0. The molecule has 0 spiro atoms. The third kappa shape index (κ3) is 3.86. The number of methoxy groups -OCH3 is 1. The van der Waals surface area contributed by atoms with E-state index in [9.17, 15) is 9.90 Å². The van der Waals surface area contributed by atoms with E-state index in [-0.39, 0.29) is 5.75 Å². The Morgan fingerprint density at radius 1 is 0.824 bits per heavy atom. The quantitative estimate of drug-likeness (QED) is 0.292. The van der Waals surface area contributed by atoms with E-state index in [4.69, 9.17) is 9.47 Å². The first kappa shape index (κ1) is 21.6. The molecule has 0 aliphatic heterocycles. The molecule has 1 aromatic heterocycles. The first-order chi connectivity index (χ1) is 16.6. The van der Waals surface area contributed by atoms with Crippen LogP contribution >= 0.6 is 0 Å². The summed E-state index contributed by atoms with van der Waals surface area (Å²) in [5, 5.41) is 12.3. The van der Waals surface area contributed by atoms with Crippen molar-refractivity contribution in [3.8, 4) is 17.2 Å². The van der Waals surface area contributed by atoms with Gasteiger partial charge in [-0.15, -0.1) is 0 Å². The predicted octanol–water partition coefficient (Wildman–Crippen LogP) is 6.69. The van der Waals surface area contributed by atoms with Crippen LogP contribution < -0.4 is 4.74 Å². The van der Waals surface area contributed by atoms with Crippen molar-refractivity contribution in [2.45, 2.75) is 19.9 Å². The fourth-order valence-electron chi connectivity index (χ4n) is 4.46. The Labute approximate surface area is 197 Å². The number of para-hydroxylation sites is 1. The topological polar surface area (TPSA) is 60.7 Å². The van der Waals surface area contributed by atoms with Crippen molar-refractivity contribution in [2.75, 3.05) is 7.11 Å². The summed E-state index contributed by atoms with van der Waals surface area (Å²) in [6.07, 6.45) is 0.787. The molecule has 0 saturated carbocycles. The van der Waals surface area contributed by atoms with E-state index < -0.39 is 5.97 Å². The molecule has 170 valence electrons. The van der Waals surface area contributed by atoms with Gasteiger partial charge in [0.1, 0.15) is 17.2 Å². The van der Waals surface area contributed by atoms with Crippen LogP contribution in [0.15, 0.2) is 84.9 Å². The lowest BCUT2D eigenvalue weighted by Gasteiger charge is -2.11. The molecule has 0 saturated heterocycles. The van der Waals surface area contributed by atoms with Gasteiger partial charge in [-0.25, -0.2) is 4.79 Å². The summed E-state index contributed by atoms with van der Waals surface area (Å²) in [7, 11) is 1.37. The molecule has 0 fully saturated rings. The van der Waals surface area contributed by atoms with Crippen molar-refractivity contribution in [1.82, 2.24) is 4.57 Å². The monoisotopic (exact) mass is 451 g/mol. The summed E-state index contributed by atoms with van der Waals surface area (Å²) in [6, 6.07) is 27.0. The number of phenolic OH excluding ortho intramolecular Hbond substituents is 1. The average molecular weight is 452 g/mol. The van der Waals surface area contributed by atoms with Gasteiger partial charge in [0, 0.05) is 11.9 Å². The second-order valence-corrected chi connectivity index (χ2v) is 8.20. The van der Waals surface area contributed by atoms with Gasteiger partial charge in [0.15, 0.2) is 0 Å².